The lowest BCUT2D eigenvalue weighted by atomic mass is 10.5. The van der Waals surface area contributed by atoms with Gasteiger partial charge in [-0.3, -0.25) is 0 Å². The number of rotatable bonds is 6. The Kier molecular flexibility index (Phi) is 5.24. The first-order valence-electron chi connectivity index (χ1n) is 3.67. The van der Waals surface area contributed by atoms with Crippen molar-refractivity contribution in [2.75, 3.05) is 0 Å². The van der Waals surface area contributed by atoms with Gasteiger partial charge < -0.3 is 29.4 Å². The van der Waals surface area contributed by atoms with E-state index in [4.69, 9.17) is 29.4 Å². The SMILES string of the molecule is CC(NP(=O)(O)O)(NP(=O)(O)O)NP(=O)(O)O. The minimum Gasteiger partial charge on any atom is -0.313 e. The predicted octanol–water partition coefficient (Wildman–Crippen LogP) is -2.29. The van der Waals surface area contributed by atoms with Crippen molar-refractivity contribution in [1.29, 1.82) is 0 Å². The molecule has 12 nitrogen and oxygen atoms in total. The molecule has 104 valence electrons. The minimum absolute atomic E-state index is 0.685. The van der Waals surface area contributed by atoms with E-state index in [0.29, 0.717) is 6.92 Å². The highest BCUT2D eigenvalue weighted by molar-refractivity contribution is 7.51. The first-order valence-corrected chi connectivity index (χ1v) is 8.51. The Morgan fingerprint density at radius 1 is 0.706 bits per heavy atom. The Bertz CT molecular complexity index is 344. The van der Waals surface area contributed by atoms with Crippen LogP contribution < -0.4 is 15.3 Å². The fourth-order valence-electron chi connectivity index (χ4n) is 0.949. The van der Waals surface area contributed by atoms with Gasteiger partial charge in [0.15, 0.2) is 0 Å². The molecule has 0 radical (unpaired) electrons. The van der Waals surface area contributed by atoms with E-state index < -0.39 is 29.0 Å². The van der Waals surface area contributed by atoms with Crippen molar-refractivity contribution in [2.45, 2.75) is 12.7 Å². The Morgan fingerprint density at radius 2 is 0.882 bits per heavy atom. The fraction of sp³-hybridized carbons (Fsp3) is 1.00. The van der Waals surface area contributed by atoms with Crippen LogP contribution in [0.5, 0.6) is 0 Å². The van der Waals surface area contributed by atoms with E-state index >= 15 is 0 Å². The topological polar surface area (TPSA) is 209 Å². The van der Waals surface area contributed by atoms with Gasteiger partial charge in [-0.15, -0.1) is 0 Å². The molecule has 0 aliphatic heterocycles. The van der Waals surface area contributed by atoms with Gasteiger partial charge in [0.1, 0.15) is 5.79 Å². The molecule has 0 unspecified atom stereocenters. The van der Waals surface area contributed by atoms with E-state index in [1.165, 1.54) is 15.3 Å². The lowest BCUT2D eigenvalue weighted by Gasteiger charge is -2.32. The second-order valence-electron chi connectivity index (χ2n) is 3.09. The molecule has 0 amide bonds. The first kappa shape index (κ1) is 17.3. The van der Waals surface area contributed by atoms with Crippen LogP contribution in [0.15, 0.2) is 0 Å². The summed E-state index contributed by atoms with van der Waals surface area (Å²) in [6.45, 7) is 0.685. The molecule has 0 aromatic rings. The maximum atomic E-state index is 10.6. The molecule has 0 bridgehead atoms. The van der Waals surface area contributed by atoms with Crippen LogP contribution in [-0.2, 0) is 13.7 Å². The molecule has 0 aliphatic carbocycles. The smallest absolute Gasteiger partial charge is 0.313 e. The summed E-state index contributed by atoms with van der Waals surface area (Å²) in [5.74, 6) is -2.59. The van der Waals surface area contributed by atoms with E-state index in [1.54, 1.807) is 0 Å². The largest absolute Gasteiger partial charge is 0.402 e. The Morgan fingerprint density at radius 3 is 1.00 bits per heavy atom. The third-order valence-corrected chi connectivity index (χ3v) is 3.32. The lowest BCUT2D eigenvalue weighted by molar-refractivity contribution is 0.246. The molecular weight excluding hydrogens is 303 g/mol. The Balaban J connectivity index is 5.15. The normalized spacial score (nSPS) is 15.0. The zero-order valence-corrected chi connectivity index (χ0v) is 10.9. The van der Waals surface area contributed by atoms with Gasteiger partial charge in [0, 0.05) is 0 Å². The van der Waals surface area contributed by atoms with Crippen LogP contribution in [0.3, 0.4) is 0 Å². The van der Waals surface area contributed by atoms with Gasteiger partial charge in [0.05, 0.1) is 0 Å². The Hall–Kier alpha value is 0.330. The standard InChI is InChI=1S/C2H12N3O9P3/c1-2(3-15(6,7)8,4-16(9,10)11)5-17(12,13)14/h1H3,(H3,3,6,7,8)(H3,4,9,10,11)(H3,5,12,13,14). The van der Waals surface area contributed by atoms with Crippen molar-refractivity contribution in [3.63, 3.8) is 0 Å². The molecule has 17 heavy (non-hydrogen) atoms. The van der Waals surface area contributed by atoms with E-state index in [0.717, 1.165) is 0 Å². The number of hydrogen-bond acceptors (Lipinski definition) is 3. The highest BCUT2D eigenvalue weighted by Gasteiger charge is 2.40. The van der Waals surface area contributed by atoms with Crippen LogP contribution >= 0.6 is 23.2 Å². The predicted molar refractivity (Wildman–Crippen MR) is 53.9 cm³/mol. The fourth-order valence-corrected chi connectivity index (χ4v) is 3.30. The summed E-state index contributed by atoms with van der Waals surface area (Å²) in [6, 6.07) is 0. The van der Waals surface area contributed by atoms with Crippen molar-refractivity contribution in [1.82, 2.24) is 15.3 Å². The van der Waals surface area contributed by atoms with E-state index in [2.05, 4.69) is 0 Å². The summed E-state index contributed by atoms with van der Waals surface area (Å²) in [5.41, 5.74) is 0. The number of nitrogens with one attached hydrogen (secondary N) is 3. The van der Waals surface area contributed by atoms with Crippen LogP contribution in [0, 0.1) is 0 Å². The molecule has 0 fully saturated rings. The summed E-state index contributed by atoms with van der Waals surface area (Å²) in [6.07, 6.45) is 0. The molecule has 0 aliphatic rings. The number of hydrogen-bond donors (Lipinski definition) is 9. The summed E-state index contributed by atoms with van der Waals surface area (Å²) in [7, 11) is -15.1. The summed E-state index contributed by atoms with van der Waals surface area (Å²) in [5, 5.41) is 3.92. The summed E-state index contributed by atoms with van der Waals surface area (Å²) < 4.78 is 31.8. The van der Waals surface area contributed by atoms with Crippen LogP contribution in [-0.4, -0.2) is 35.1 Å². The molecule has 0 spiro atoms. The molecule has 15 heteroatoms. The zero-order valence-electron chi connectivity index (χ0n) is 8.25. The van der Waals surface area contributed by atoms with Crippen molar-refractivity contribution in [2.24, 2.45) is 0 Å². The molecule has 0 aromatic heterocycles. The molecule has 0 atom stereocenters. The average molecular weight is 315 g/mol. The molecule has 0 rings (SSSR count). The molecule has 0 saturated heterocycles. The van der Waals surface area contributed by atoms with Crippen molar-refractivity contribution >= 4 is 23.2 Å². The van der Waals surface area contributed by atoms with Crippen LogP contribution in [0.1, 0.15) is 6.92 Å². The molecule has 9 N–H and O–H groups in total. The van der Waals surface area contributed by atoms with Crippen molar-refractivity contribution < 1.29 is 43.1 Å². The van der Waals surface area contributed by atoms with Gasteiger partial charge in [-0.05, 0) is 6.92 Å². The molecular formula is C2H12N3O9P3. The van der Waals surface area contributed by atoms with E-state index in [-0.39, 0.29) is 0 Å². The highest BCUT2D eigenvalue weighted by Crippen LogP contribution is 2.40. The minimum atomic E-state index is -5.02. The average Bonchev–Trinajstić information content (AvgIpc) is 1.65. The van der Waals surface area contributed by atoms with Gasteiger partial charge in [0.2, 0.25) is 0 Å². The second-order valence-corrected chi connectivity index (χ2v) is 7.03. The highest BCUT2D eigenvalue weighted by atomic mass is 31.2. The molecule has 0 saturated carbocycles. The van der Waals surface area contributed by atoms with Gasteiger partial charge in [0.25, 0.3) is 0 Å². The molecule has 0 aromatic carbocycles. The quantitative estimate of drug-likeness (QED) is 0.187. The monoisotopic (exact) mass is 315 g/mol. The summed E-state index contributed by atoms with van der Waals surface area (Å²) in [4.78, 5) is 51.4. The second kappa shape index (κ2) is 5.14. The van der Waals surface area contributed by atoms with Crippen molar-refractivity contribution in [3.05, 3.63) is 0 Å². The maximum Gasteiger partial charge on any atom is 0.402 e. The molecule has 0 heterocycles. The maximum absolute atomic E-state index is 10.6. The third-order valence-electron chi connectivity index (χ3n) is 1.11. The van der Waals surface area contributed by atoms with Gasteiger partial charge in [-0.2, -0.15) is 15.3 Å². The van der Waals surface area contributed by atoms with E-state index in [1.807, 2.05) is 0 Å². The lowest BCUT2D eigenvalue weighted by Crippen LogP contribution is -2.60. The van der Waals surface area contributed by atoms with Crippen LogP contribution in [0.25, 0.3) is 0 Å². The Labute approximate surface area is 95.1 Å². The van der Waals surface area contributed by atoms with Gasteiger partial charge >= 0.3 is 23.2 Å². The summed E-state index contributed by atoms with van der Waals surface area (Å²) >= 11 is 0. The van der Waals surface area contributed by atoms with Crippen molar-refractivity contribution in [3.8, 4) is 0 Å². The first-order chi connectivity index (χ1) is 7.12. The zero-order chi connectivity index (χ0) is 14.1. The van der Waals surface area contributed by atoms with Crippen LogP contribution in [0.2, 0.25) is 0 Å². The van der Waals surface area contributed by atoms with Gasteiger partial charge in [-0.1, -0.05) is 0 Å². The van der Waals surface area contributed by atoms with Gasteiger partial charge in [-0.25, -0.2) is 13.7 Å². The third kappa shape index (κ3) is 9.98. The van der Waals surface area contributed by atoms with E-state index in [9.17, 15) is 13.7 Å². The van der Waals surface area contributed by atoms with Crippen LogP contribution in [0.4, 0.5) is 0 Å².